The monoisotopic (exact) mass is 325 g/mol. The largest absolute Gasteiger partial charge is 2.00 e. The molecule has 0 amide bonds. The molecular weight excluding hydrogens is 326 g/mol. The van der Waals surface area contributed by atoms with Crippen LogP contribution in [0.1, 0.15) is 0 Å². The summed E-state index contributed by atoms with van der Waals surface area (Å²) in [5, 5.41) is 36.0. The number of rotatable bonds is 0. The molecule has 0 spiro atoms. The topological polar surface area (TPSA) is 210 Å². The molecule has 0 aromatic heterocycles. The average Bonchev–Trinajstić information content (AvgIpc) is 1.92. The molecule has 0 saturated heterocycles. The van der Waals surface area contributed by atoms with E-state index >= 15 is 0 Å². The van der Waals surface area contributed by atoms with Gasteiger partial charge in [0.1, 0.15) is 0 Å². The van der Waals surface area contributed by atoms with Gasteiger partial charge in [-0.15, -0.1) is 21.4 Å². The molecule has 0 aliphatic heterocycles. The van der Waals surface area contributed by atoms with Gasteiger partial charge >= 0.3 is 120 Å². The molecule has 0 fully saturated rings. The minimum Gasteiger partial charge on any atom is -0.444 e. The predicted octanol–water partition coefficient (Wildman–Crippen LogP) is -4.99. The van der Waals surface area contributed by atoms with E-state index in [1.54, 1.807) is 0 Å². The number of nitrogens with zero attached hydrogens (tertiary/aromatic N) is 4. The Kier molecular flexibility index (Phi) is 322. The molecule has 0 bridgehead atoms. The Morgan fingerprint density at radius 1 is 0.533 bits per heavy atom. The van der Waals surface area contributed by atoms with Crippen molar-refractivity contribution in [3.05, 3.63) is 40.5 Å². The van der Waals surface area contributed by atoms with Crippen LogP contribution < -0.4 is 103 Å². The molecule has 0 aliphatic rings. The van der Waals surface area contributed by atoms with Crippen molar-refractivity contribution < 1.29 is 120 Å². The molecule has 15 heavy (non-hydrogen) atoms. The smallest absolute Gasteiger partial charge is 0.444 e. The minimum absolute atomic E-state index is 0. The summed E-state index contributed by atoms with van der Waals surface area (Å²) < 4.78 is 0. The van der Waals surface area contributed by atoms with Crippen LogP contribution in [0.3, 0.4) is 0 Å². The molecule has 0 N–H and O–H groups in total. The van der Waals surface area contributed by atoms with Crippen LogP contribution in [-0.4, -0.2) is 0 Å². The van der Waals surface area contributed by atoms with E-state index in [0.717, 1.165) is 21.4 Å². The number of hydrogen-bond donors (Lipinski definition) is 0. The Morgan fingerprint density at radius 3 is 0.533 bits per heavy atom. The third kappa shape index (κ3) is 1420. The van der Waals surface area contributed by atoms with Crippen LogP contribution in [0.2, 0.25) is 0 Å². The third-order valence-electron chi connectivity index (χ3n) is 0. The van der Waals surface area contributed by atoms with Gasteiger partial charge in [0.15, 0.2) is 0 Å². The number of hydrogen-bond acceptors (Lipinski definition) is 12. The fourth-order valence-corrected chi connectivity index (χ4v) is 0. The zero-order valence-corrected chi connectivity index (χ0v) is 14.5. The van der Waals surface area contributed by atoms with E-state index in [0.29, 0.717) is 0 Å². The van der Waals surface area contributed by atoms with Crippen LogP contribution in [0.25, 0.3) is 0 Å². The fourth-order valence-electron chi connectivity index (χ4n) is 0. The van der Waals surface area contributed by atoms with E-state index in [2.05, 4.69) is 0 Å². The van der Waals surface area contributed by atoms with Gasteiger partial charge in [-0.1, -0.05) is 0 Å². The molecule has 15 heteroatoms. The van der Waals surface area contributed by atoms with Crippen molar-refractivity contribution in [2.24, 2.45) is 21.4 Å². The van der Waals surface area contributed by atoms with Crippen molar-refractivity contribution >= 4 is 0 Å². The summed E-state index contributed by atoms with van der Waals surface area (Å²) in [4.78, 5) is 32.0. The summed E-state index contributed by atoms with van der Waals surface area (Å²) in [6.45, 7) is 0. The zero-order valence-electron chi connectivity index (χ0n) is 7.36. The molecule has 81 valence electrons. The predicted molar refractivity (Wildman–Crippen MR) is 36.6 cm³/mol. The second-order valence-electron chi connectivity index (χ2n) is 0.298. The van der Waals surface area contributed by atoms with E-state index in [9.17, 15) is 0 Å². The van der Waals surface area contributed by atoms with E-state index in [4.69, 9.17) is 40.5 Å². The summed E-state index contributed by atoms with van der Waals surface area (Å²) in [6, 6.07) is 0. The van der Waals surface area contributed by atoms with Crippen molar-refractivity contribution in [3.63, 3.8) is 0 Å². The minimum atomic E-state index is 0. The first-order valence-electron chi connectivity index (χ1n) is 1.46. The van der Waals surface area contributed by atoms with Crippen molar-refractivity contribution in [3.8, 4) is 0 Å². The van der Waals surface area contributed by atoms with Gasteiger partial charge in [-0.25, -0.2) is 0 Å². The third-order valence-corrected chi connectivity index (χ3v) is 0. The van der Waals surface area contributed by atoms with Crippen LogP contribution in [0.4, 0.5) is 0 Å². The Balaban J connectivity index is -0.0000000107. The second kappa shape index (κ2) is 110. The summed E-state index contributed by atoms with van der Waals surface area (Å²) in [7, 11) is 0. The first kappa shape index (κ1) is 44.0. The van der Waals surface area contributed by atoms with Gasteiger partial charge in [0.25, 0.3) is 0 Å². The molecule has 0 aromatic carbocycles. The summed E-state index contributed by atoms with van der Waals surface area (Å²) >= 11 is 0. The van der Waals surface area contributed by atoms with Crippen LogP contribution in [0, 0.1) is 40.5 Å². The normalized spacial score (nSPS) is 3.20. The maximum absolute atomic E-state index is 8.00. The summed E-state index contributed by atoms with van der Waals surface area (Å²) in [6.07, 6.45) is 0. The summed E-state index contributed by atoms with van der Waals surface area (Å²) in [5.41, 5.74) is 0. The van der Waals surface area contributed by atoms with Crippen LogP contribution in [0.5, 0.6) is 0 Å². The molecule has 0 saturated carbocycles. The van der Waals surface area contributed by atoms with Crippen LogP contribution in [0.15, 0.2) is 21.4 Å². The maximum atomic E-state index is 8.00. The van der Waals surface area contributed by atoms with Gasteiger partial charge < -0.3 is 40.5 Å². The Morgan fingerprint density at radius 2 is 0.533 bits per heavy atom. The Hall–Kier alpha value is 1.39. The molecule has 0 heterocycles. The second-order valence-corrected chi connectivity index (χ2v) is 0.298. The van der Waals surface area contributed by atoms with E-state index in [1.165, 1.54) is 0 Å². The molecular formula is CuK2N4O8. The van der Waals surface area contributed by atoms with Crippen LogP contribution in [-0.2, 0) is 17.1 Å². The molecule has 0 aromatic rings. The van der Waals surface area contributed by atoms with Gasteiger partial charge in [-0.3, -0.25) is 0 Å². The van der Waals surface area contributed by atoms with Gasteiger partial charge in [-0.05, 0) is 0 Å². The van der Waals surface area contributed by atoms with Crippen molar-refractivity contribution in [1.29, 1.82) is 0 Å². The Bertz CT molecular complexity index is 78.6. The molecule has 0 unspecified atom stereocenters. The van der Waals surface area contributed by atoms with Crippen molar-refractivity contribution in [2.45, 2.75) is 0 Å². The molecule has 1 radical (unpaired) electrons. The van der Waals surface area contributed by atoms with Gasteiger partial charge in [-0.2, -0.15) is 0 Å². The van der Waals surface area contributed by atoms with E-state index in [-0.39, 0.29) is 120 Å². The molecule has 0 aliphatic carbocycles. The Labute approximate surface area is 178 Å². The zero-order chi connectivity index (χ0) is 10.8. The van der Waals surface area contributed by atoms with Crippen LogP contribution >= 0.6 is 0 Å². The average molecular weight is 326 g/mol. The fraction of sp³-hybridized carbons (Fsp3) is 0. The van der Waals surface area contributed by atoms with Crippen molar-refractivity contribution in [1.82, 2.24) is 0 Å². The molecule has 0 rings (SSSR count). The maximum Gasteiger partial charge on any atom is 2.00 e. The standard InChI is InChI=1S/Cu.2K.4HNO2/c;;;4*2-1-3/h;;;4*(H,2,3)/q+2;2*+1;;;;/p-4. The molecule has 12 nitrogen and oxygen atoms in total. The first-order chi connectivity index (χ1) is 5.66. The van der Waals surface area contributed by atoms with E-state index < -0.39 is 0 Å². The van der Waals surface area contributed by atoms with Gasteiger partial charge in [0.05, 0.1) is 0 Å². The molecule has 0 atom stereocenters. The van der Waals surface area contributed by atoms with Gasteiger partial charge in [0.2, 0.25) is 0 Å². The SMILES string of the molecule is O=N[O-].O=N[O-].O=N[O-].O=N[O-].[Cu+2].[K+].[K+]. The summed E-state index contributed by atoms with van der Waals surface area (Å²) in [5.74, 6) is 0. The van der Waals surface area contributed by atoms with Gasteiger partial charge in [0, 0.05) is 0 Å². The van der Waals surface area contributed by atoms with Crippen molar-refractivity contribution in [2.75, 3.05) is 0 Å². The van der Waals surface area contributed by atoms with E-state index in [1.807, 2.05) is 0 Å². The quantitative estimate of drug-likeness (QED) is 0.238. The first-order valence-corrected chi connectivity index (χ1v) is 1.46.